The number of nitrogens with one attached hydrogen (secondary N) is 2. The molecule has 0 bridgehead atoms. The van der Waals surface area contributed by atoms with Crippen molar-refractivity contribution in [3.8, 4) is 0 Å². The van der Waals surface area contributed by atoms with Gasteiger partial charge in [0.15, 0.2) is 37.9 Å². The van der Waals surface area contributed by atoms with Crippen molar-refractivity contribution in [1.82, 2.24) is 10.6 Å². The number of pyridine rings is 2. The Hall–Kier alpha value is -3.83. The monoisotopic (exact) mass is 616 g/mol. The molecule has 244 valence electrons. The van der Waals surface area contributed by atoms with Crippen molar-refractivity contribution in [1.29, 1.82) is 0 Å². The molecule has 2 rings (SSSR count). The Kier molecular flexibility index (Phi) is 17.5. The van der Waals surface area contributed by atoms with E-state index in [0.29, 0.717) is 13.0 Å². The van der Waals surface area contributed by atoms with Crippen molar-refractivity contribution in [3.05, 3.63) is 73.3 Å². The molecule has 2 aromatic heterocycles. The smallest absolute Gasteiger partial charge is 0.407 e. The molecular formula is C33H52N4O7+2. The number of aromatic nitrogens is 2. The fourth-order valence-electron chi connectivity index (χ4n) is 3.53. The van der Waals surface area contributed by atoms with Gasteiger partial charge in [0, 0.05) is 36.2 Å². The SMILES string of the molecule is C=C(C)COOCCNC(=O)OCC(C)(CC)C(=O)OC.CCC(C)(C)C(=O)NC(C[n+]1ccccc1)C[n+]1ccccc1. The van der Waals surface area contributed by atoms with Crippen molar-refractivity contribution in [3.63, 3.8) is 0 Å². The van der Waals surface area contributed by atoms with Gasteiger partial charge in [-0.1, -0.05) is 52.0 Å². The van der Waals surface area contributed by atoms with Crippen LogP contribution in [0.15, 0.2) is 73.3 Å². The first-order valence-corrected chi connectivity index (χ1v) is 14.9. The molecule has 0 radical (unpaired) electrons. The van der Waals surface area contributed by atoms with Crippen molar-refractivity contribution in [2.24, 2.45) is 10.8 Å². The number of hydrogen-bond donors (Lipinski definition) is 2. The zero-order valence-corrected chi connectivity index (χ0v) is 27.5. The number of methoxy groups -OCH3 is 1. The summed E-state index contributed by atoms with van der Waals surface area (Å²) in [6.07, 6.45) is 8.81. The second-order valence-electron chi connectivity index (χ2n) is 11.5. The second-order valence-corrected chi connectivity index (χ2v) is 11.5. The summed E-state index contributed by atoms with van der Waals surface area (Å²) in [5, 5.41) is 5.71. The van der Waals surface area contributed by atoms with Gasteiger partial charge in [-0.15, -0.1) is 0 Å². The Morgan fingerprint density at radius 2 is 1.41 bits per heavy atom. The molecule has 1 atom stereocenters. The Labute approximate surface area is 262 Å². The fourth-order valence-corrected chi connectivity index (χ4v) is 3.53. The van der Waals surface area contributed by atoms with Gasteiger partial charge in [0.1, 0.15) is 19.3 Å². The third kappa shape index (κ3) is 15.1. The van der Waals surface area contributed by atoms with Crippen LogP contribution >= 0.6 is 0 Å². The van der Waals surface area contributed by atoms with Crippen LogP contribution in [0.4, 0.5) is 4.79 Å². The predicted molar refractivity (Wildman–Crippen MR) is 166 cm³/mol. The first kappa shape index (κ1) is 38.2. The number of hydrogen-bond acceptors (Lipinski definition) is 7. The fraction of sp³-hybridized carbons (Fsp3) is 0.545. The second kappa shape index (κ2) is 20.2. The van der Waals surface area contributed by atoms with Gasteiger partial charge in [0.05, 0.1) is 19.1 Å². The molecule has 0 saturated carbocycles. The minimum Gasteiger partial charge on any atom is -0.469 e. The quantitative estimate of drug-likeness (QED) is 0.0695. The Morgan fingerprint density at radius 1 is 0.864 bits per heavy atom. The van der Waals surface area contributed by atoms with E-state index in [-0.39, 0.29) is 37.1 Å². The lowest BCUT2D eigenvalue weighted by atomic mass is 9.89. The number of ether oxygens (including phenoxy) is 2. The maximum absolute atomic E-state index is 12.6. The maximum atomic E-state index is 12.6. The molecule has 1 unspecified atom stereocenters. The van der Waals surface area contributed by atoms with Gasteiger partial charge >= 0.3 is 12.1 Å². The van der Waals surface area contributed by atoms with E-state index in [2.05, 4.69) is 31.1 Å². The lowest BCUT2D eigenvalue weighted by Gasteiger charge is -2.24. The molecule has 0 aliphatic heterocycles. The molecule has 0 aromatic carbocycles. The minimum atomic E-state index is -0.840. The van der Waals surface area contributed by atoms with Crippen LogP contribution in [-0.2, 0) is 41.9 Å². The number of amides is 2. The summed E-state index contributed by atoms with van der Waals surface area (Å²) in [6, 6.07) is 12.0. The highest BCUT2D eigenvalue weighted by Crippen LogP contribution is 2.23. The summed E-state index contributed by atoms with van der Waals surface area (Å²) in [7, 11) is 1.30. The van der Waals surface area contributed by atoms with Gasteiger partial charge < -0.3 is 20.1 Å². The van der Waals surface area contributed by atoms with Crippen LogP contribution < -0.4 is 19.8 Å². The molecule has 44 heavy (non-hydrogen) atoms. The molecule has 2 heterocycles. The van der Waals surface area contributed by atoms with E-state index in [4.69, 9.17) is 14.5 Å². The van der Waals surface area contributed by atoms with Gasteiger partial charge in [0.25, 0.3) is 0 Å². The molecule has 0 spiro atoms. The maximum Gasteiger partial charge on any atom is 0.407 e. The van der Waals surface area contributed by atoms with Crippen LogP contribution in [0.2, 0.25) is 0 Å². The number of carbonyl (C=O) groups is 3. The zero-order valence-electron chi connectivity index (χ0n) is 27.5. The van der Waals surface area contributed by atoms with E-state index in [1.54, 1.807) is 6.92 Å². The summed E-state index contributed by atoms with van der Waals surface area (Å²) < 4.78 is 13.9. The molecule has 11 nitrogen and oxygen atoms in total. The van der Waals surface area contributed by atoms with E-state index in [9.17, 15) is 14.4 Å². The summed E-state index contributed by atoms with van der Waals surface area (Å²) in [5.74, 6) is -0.299. The van der Waals surface area contributed by atoms with E-state index in [0.717, 1.165) is 25.1 Å². The van der Waals surface area contributed by atoms with E-state index in [1.165, 1.54) is 7.11 Å². The van der Waals surface area contributed by atoms with Crippen LogP contribution in [-0.4, -0.2) is 57.5 Å². The average molecular weight is 617 g/mol. The normalized spacial score (nSPS) is 12.3. The van der Waals surface area contributed by atoms with Crippen molar-refractivity contribution in [2.45, 2.75) is 73.5 Å². The van der Waals surface area contributed by atoms with Gasteiger partial charge in [0.2, 0.25) is 5.91 Å². The number of nitrogens with zero attached hydrogens (tertiary/aromatic N) is 2. The van der Waals surface area contributed by atoms with Crippen molar-refractivity contribution >= 4 is 18.0 Å². The predicted octanol–water partition coefficient (Wildman–Crippen LogP) is 3.71. The summed E-state index contributed by atoms with van der Waals surface area (Å²) in [5.41, 5.74) is -0.349. The summed E-state index contributed by atoms with van der Waals surface area (Å²) in [4.78, 5) is 45.2. The first-order chi connectivity index (χ1) is 20.9. The standard InChI is InChI=1S/C19H26N3O.C14H25NO6/c1-4-19(2,3)18(23)20-17(15-21-11-7-5-8-12-21)16-22-13-9-6-10-14-22;1-6-14(4,12(16)18-5)10-19-13(17)15-7-8-20-21-9-11(2)3/h5-14,17H,4,15-16H2,1-3H3;2,6-10H2,1,3-5H3,(H,15,17)/q+1;/p+1. The van der Waals surface area contributed by atoms with Crippen LogP contribution in [0.5, 0.6) is 0 Å². The Bertz CT molecular complexity index is 1100. The lowest BCUT2D eigenvalue weighted by Crippen LogP contribution is -2.56. The van der Waals surface area contributed by atoms with Crippen molar-refractivity contribution in [2.75, 3.05) is 33.5 Å². The molecule has 0 aliphatic rings. The van der Waals surface area contributed by atoms with Crippen LogP contribution in [0.25, 0.3) is 0 Å². The highest BCUT2D eigenvalue weighted by atomic mass is 17.2. The van der Waals surface area contributed by atoms with Crippen LogP contribution in [0.1, 0.15) is 54.4 Å². The molecule has 0 fully saturated rings. The number of alkyl carbamates (subject to hydrolysis) is 1. The van der Waals surface area contributed by atoms with Crippen molar-refractivity contribution < 1.29 is 42.8 Å². The van der Waals surface area contributed by atoms with Gasteiger partial charge in [-0.2, -0.15) is 0 Å². The Morgan fingerprint density at radius 3 is 1.86 bits per heavy atom. The van der Waals surface area contributed by atoms with Gasteiger partial charge in [-0.05, 0) is 26.7 Å². The largest absolute Gasteiger partial charge is 0.469 e. The average Bonchev–Trinajstić information content (AvgIpc) is 3.02. The van der Waals surface area contributed by atoms with Gasteiger partial charge in [-0.3, -0.25) is 9.59 Å². The highest BCUT2D eigenvalue weighted by molar-refractivity contribution is 5.81. The van der Waals surface area contributed by atoms with E-state index in [1.807, 2.05) is 95.8 Å². The molecule has 0 aliphatic carbocycles. The number of esters is 1. The molecule has 2 aromatic rings. The molecule has 2 N–H and O–H groups in total. The number of carbonyl (C=O) groups excluding carboxylic acids is 3. The molecule has 0 saturated heterocycles. The van der Waals surface area contributed by atoms with E-state index >= 15 is 0 Å². The Balaban J connectivity index is 0.000000443. The molecule has 11 heteroatoms. The number of rotatable bonds is 17. The minimum absolute atomic E-state index is 0.0353. The molecular weight excluding hydrogens is 564 g/mol. The summed E-state index contributed by atoms with van der Waals surface area (Å²) in [6.45, 7) is 17.2. The topological polar surface area (TPSA) is 120 Å². The highest BCUT2D eigenvalue weighted by Gasteiger charge is 2.34. The lowest BCUT2D eigenvalue weighted by molar-refractivity contribution is -0.730. The third-order valence-electron chi connectivity index (χ3n) is 7.07. The summed E-state index contributed by atoms with van der Waals surface area (Å²) >= 11 is 0. The zero-order chi connectivity index (χ0) is 33.0. The van der Waals surface area contributed by atoms with Crippen LogP contribution in [0.3, 0.4) is 0 Å². The molecule has 2 amide bonds. The van der Waals surface area contributed by atoms with E-state index < -0.39 is 17.5 Å². The first-order valence-electron chi connectivity index (χ1n) is 14.9. The third-order valence-corrected chi connectivity index (χ3v) is 7.07. The van der Waals surface area contributed by atoms with Crippen LogP contribution in [0, 0.1) is 10.8 Å². The van der Waals surface area contributed by atoms with Gasteiger partial charge in [-0.25, -0.2) is 23.7 Å².